The summed E-state index contributed by atoms with van der Waals surface area (Å²) in [5.74, 6) is -1.09. The molecule has 1 aliphatic rings. The zero-order valence-corrected chi connectivity index (χ0v) is 18.0. The van der Waals surface area contributed by atoms with Gasteiger partial charge in [-0.1, -0.05) is 42.6 Å². The fraction of sp³-hybridized carbons (Fsp3) is 0.318. The molecule has 1 atom stereocenters. The van der Waals surface area contributed by atoms with E-state index >= 15 is 0 Å². The lowest BCUT2D eigenvalue weighted by Gasteiger charge is -2.30. The first-order valence-electron chi connectivity index (χ1n) is 9.29. The van der Waals surface area contributed by atoms with Crippen molar-refractivity contribution in [1.29, 1.82) is 5.26 Å². The molecule has 1 aromatic rings. The first-order chi connectivity index (χ1) is 14.5. The van der Waals surface area contributed by atoms with Crippen molar-refractivity contribution in [3.63, 3.8) is 0 Å². The van der Waals surface area contributed by atoms with Gasteiger partial charge >= 0.3 is 11.9 Å². The van der Waals surface area contributed by atoms with E-state index < -0.39 is 11.9 Å². The number of rotatable bonds is 9. The molecule has 1 N–H and O–H groups in total. The van der Waals surface area contributed by atoms with Crippen LogP contribution in [0, 0.1) is 11.3 Å². The zero-order valence-electron chi connectivity index (χ0n) is 17.2. The van der Waals surface area contributed by atoms with Crippen LogP contribution < -0.4 is 10.1 Å². The number of allylic oxidation sites excluding steroid dienone is 2. The van der Waals surface area contributed by atoms with Crippen molar-refractivity contribution in [2.24, 2.45) is 0 Å². The van der Waals surface area contributed by atoms with Crippen molar-refractivity contribution < 1.29 is 23.8 Å². The predicted octanol–water partition coefficient (Wildman–Crippen LogP) is 3.42. The number of ether oxygens (including phenoxy) is 3. The van der Waals surface area contributed by atoms with Crippen molar-refractivity contribution in [3.8, 4) is 11.8 Å². The lowest BCUT2D eigenvalue weighted by Crippen LogP contribution is -2.29. The molecule has 0 aliphatic carbocycles. The summed E-state index contributed by atoms with van der Waals surface area (Å²) < 4.78 is 15.7. The summed E-state index contributed by atoms with van der Waals surface area (Å²) in [4.78, 5) is 24.7. The second-order valence-electron chi connectivity index (χ2n) is 6.17. The molecule has 0 amide bonds. The van der Waals surface area contributed by atoms with Crippen LogP contribution in [0.3, 0.4) is 0 Å². The maximum absolute atomic E-state index is 12.8. The largest absolute Gasteiger partial charge is 0.496 e. The van der Waals surface area contributed by atoms with E-state index in [2.05, 4.69) is 18.0 Å². The smallest absolute Gasteiger partial charge is 0.337 e. The fourth-order valence-electron chi connectivity index (χ4n) is 3.06. The van der Waals surface area contributed by atoms with Crippen LogP contribution in [0.2, 0.25) is 0 Å². The van der Waals surface area contributed by atoms with Crippen LogP contribution in [-0.4, -0.2) is 38.0 Å². The van der Waals surface area contributed by atoms with E-state index in [1.807, 2.05) is 12.1 Å². The van der Waals surface area contributed by atoms with Gasteiger partial charge < -0.3 is 19.5 Å². The van der Waals surface area contributed by atoms with Gasteiger partial charge in [0.05, 0.1) is 47.6 Å². The summed E-state index contributed by atoms with van der Waals surface area (Å²) in [5, 5.41) is 13.5. The Bertz CT molecular complexity index is 930. The monoisotopic (exact) mass is 428 g/mol. The quantitative estimate of drug-likeness (QED) is 0.472. The van der Waals surface area contributed by atoms with E-state index in [9.17, 15) is 14.9 Å². The molecule has 1 heterocycles. The summed E-state index contributed by atoms with van der Waals surface area (Å²) in [5.41, 5.74) is 1.78. The number of hydrogen-bond acceptors (Lipinski definition) is 8. The molecule has 0 fully saturated rings. The minimum atomic E-state index is -0.714. The van der Waals surface area contributed by atoms with Gasteiger partial charge in [0, 0.05) is 11.3 Å². The Hall–Kier alpha value is -3.18. The normalized spacial score (nSPS) is 15.7. The molecule has 0 spiro atoms. The molecule has 1 aliphatic heterocycles. The molecular weight excluding hydrogens is 404 g/mol. The number of nitriles is 1. The van der Waals surface area contributed by atoms with E-state index in [0.29, 0.717) is 33.2 Å². The van der Waals surface area contributed by atoms with Crippen LogP contribution in [0.4, 0.5) is 0 Å². The van der Waals surface area contributed by atoms with E-state index in [4.69, 9.17) is 14.2 Å². The summed E-state index contributed by atoms with van der Waals surface area (Å²) >= 11 is 1.15. The summed E-state index contributed by atoms with van der Waals surface area (Å²) in [6.45, 7) is 7.34. The third kappa shape index (κ3) is 5.24. The van der Waals surface area contributed by atoms with E-state index in [0.717, 1.165) is 11.8 Å². The summed E-state index contributed by atoms with van der Waals surface area (Å²) in [7, 11) is 1.53. The summed E-state index contributed by atoms with van der Waals surface area (Å²) in [6, 6.07) is 9.38. The molecule has 8 heteroatoms. The highest BCUT2D eigenvalue weighted by Gasteiger charge is 2.37. The lowest BCUT2D eigenvalue weighted by molar-refractivity contribution is -0.140. The maximum atomic E-state index is 12.8. The second-order valence-corrected chi connectivity index (χ2v) is 7.16. The van der Waals surface area contributed by atoms with Crippen molar-refractivity contribution >= 4 is 23.7 Å². The highest BCUT2D eigenvalue weighted by Crippen LogP contribution is 2.43. The van der Waals surface area contributed by atoms with Gasteiger partial charge in [0.25, 0.3) is 0 Å². The molecular formula is C22H24N2O5S. The van der Waals surface area contributed by atoms with Crippen LogP contribution in [-0.2, 0) is 19.1 Å². The first-order valence-corrected chi connectivity index (χ1v) is 10.3. The van der Waals surface area contributed by atoms with Crippen LogP contribution >= 0.6 is 11.8 Å². The molecule has 1 aromatic carbocycles. The molecule has 0 aromatic heterocycles. The van der Waals surface area contributed by atoms with Gasteiger partial charge in [0.1, 0.15) is 12.4 Å². The Morgan fingerprint density at radius 1 is 1.33 bits per heavy atom. The van der Waals surface area contributed by atoms with Crippen molar-refractivity contribution in [2.75, 3.05) is 26.1 Å². The second kappa shape index (κ2) is 11.1. The number of nitrogens with one attached hydrogen (secondary N) is 1. The average molecular weight is 429 g/mol. The minimum absolute atomic E-state index is 0.0313. The van der Waals surface area contributed by atoms with Crippen molar-refractivity contribution in [3.05, 3.63) is 64.4 Å². The molecule has 0 bridgehead atoms. The number of benzene rings is 1. The predicted molar refractivity (Wildman–Crippen MR) is 114 cm³/mol. The Morgan fingerprint density at radius 2 is 2.07 bits per heavy atom. The van der Waals surface area contributed by atoms with E-state index in [1.54, 1.807) is 26.0 Å². The van der Waals surface area contributed by atoms with E-state index in [1.165, 1.54) is 13.2 Å². The Kier molecular flexibility index (Phi) is 8.56. The highest BCUT2D eigenvalue weighted by atomic mass is 32.2. The van der Waals surface area contributed by atoms with Gasteiger partial charge in [-0.25, -0.2) is 4.79 Å². The molecule has 2 rings (SSSR count). The number of hydrogen-bond donors (Lipinski definition) is 1. The SMILES string of the molecule is C=CCOC(=O)C1=C(C)NC(SCC(=O)OCC)=C(C#N)[C@H]1c1ccccc1OC. The minimum Gasteiger partial charge on any atom is -0.496 e. The topological polar surface area (TPSA) is 97.6 Å². The lowest BCUT2D eigenvalue weighted by atomic mass is 9.82. The molecule has 0 radical (unpaired) electrons. The van der Waals surface area contributed by atoms with Crippen molar-refractivity contribution in [1.82, 2.24) is 5.32 Å². The number of methoxy groups -OCH3 is 1. The van der Waals surface area contributed by atoms with Crippen LogP contribution in [0.15, 0.2) is 58.8 Å². The summed E-state index contributed by atoms with van der Waals surface area (Å²) in [6.07, 6.45) is 1.48. The number of para-hydroxylation sites is 1. The van der Waals surface area contributed by atoms with Gasteiger partial charge in [0.2, 0.25) is 0 Å². The van der Waals surface area contributed by atoms with Crippen molar-refractivity contribution in [2.45, 2.75) is 19.8 Å². The Morgan fingerprint density at radius 3 is 2.70 bits per heavy atom. The molecule has 0 saturated carbocycles. The number of nitrogens with zero attached hydrogens (tertiary/aromatic N) is 1. The molecule has 30 heavy (non-hydrogen) atoms. The number of carbonyl (C=O) groups excluding carboxylic acids is 2. The van der Waals surface area contributed by atoms with Crippen LogP contribution in [0.1, 0.15) is 25.3 Å². The third-order valence-corrected chi connectivity index (χ3v) is 5.28. The van der Waals surface area contributed by atoms with Gasteiger partial charge in [0.15, 0.2) is 0 Å². The highest BCUT2D eigenvalue weighted by molar-refractivity contribution is 8.03. The van der Waals surface area contributed by atoms with Gasteiger partial charge in [-0.2, -0.15) is 5.26 Å². The number of dihydropyridines is 1. The average Bonchev–Trinajstić information content (AvgIpc) is 2.75. The molecule has 7 nitrogen and oxygen atoms in total. The van der Waals surface area contributed by atoms with Gasteiger partial charge in [-0.3, -0.25) is 4.79 Å². The van der Waals surface area contributed by atoms with Crippen LogP contribution in [0.25, 0.3) is 0 Å². The number of thioether (sulfide) groups is 1. The fourth-order valence-corrected chi connectivity index (χ4v) is 3.95. The number of carbonyl (C=O) groups is 2. The zero-order chi connectivity index (χ0) is 22.1. The third-order valence-electron chi connectivity index (χ3n) is 4.29. The first kappa shape index (κ1) is 23.1. The Balaban J connectivity index is 2.56. The van der Waals surface area contributed by atoms with Gasteiger partial charge in [-0.05, 0) is 19.9 Å². The maximum Gasteiger partial charge on any atom is 0.337 e. The molecule has 158 valence electrons. The molecule has 0 unspecified atom stereocenters. The van der Waals surface area contributed by atoms with Gasteiger partial charge in [-0.15, -0.1) is 0 Å². The Labute approximate surface area is 180 Å². The molecule has 0 saturated heterocycles. The van der Waals surface area contributed by atoms with Crippen LogP contribution in [0.5, 0.6) is 5.75 Å². The van der Waals surface area contributed by atoms with E-state index in [-0.39, 0.29) is 24.9 Å². The number of esters is 2. The standard InChI is InChI=1S/C22H24N2O5S/c1-5-11-29-22(26)19-14(3)24-21(30-13-18(25)28-6-2)16(12-23)20(19)15-9-7-8-10-17(15)27-4/h5,7-10,20,24H,1,6,11,13H2,2-4H3/t20-/m1/s1.